The van der Waals surface area contributed by atoms with Gasteiger partial charge in [0.15, 0.2) is 0 Å². The number of carbonyl (C=O) groups excluding carboxylic acids is 1. The highest BCUT2D eigenvalue weighted by atomic mass is 16.1. The van der Waals surface area contributed by atoms with Crippen LogP contribution in [-0.2, 0) is 0 Å². The summed E-state index contributed by atoms with van der Waals surface area (Å²) in [6.07, 6.45) is 7.17. The molecule has 5 heteroatoms. The van der Waals surface area contributed by atoms with Gasteiger partial charge in [0.05, 0.1) is 36.4 Å². The highest BCUT2D eigenvalue weighted by Crippen LogP contribution is 2.24. The molecule has 1 amide bonds. The molecule has 138 valence electrons. The highest BCUT2D eigenvalue weighted by Gasteiger charge is 2.16. The van der Waals surface area contributed by atoms with E-state index in [4.69, 9.17) is 4.98 Å². The number of carbonyl (C=O) groups is 1. The van der Waals surface area contributed by atoms with E-state index >= 15 is 0 Å². The molecule has 2 N–H and O–H groups in total. The van der Waals surface area contributed by atoms with Crippen LogP contribution in [0.1, 0.15) is 29.6 Å². The van der Waals surface area contributed by atoms with Crippen LogP contribution < -0.4 is 10.2 Å². The van der Waals surface area contributed by atoms with E-state index in [1.807, 2.05) is 42.5 Å². The van der Waals surface area contributed by atoms with Gasteiger partial charge < -0.3 is 10.2 Å². The summed E-state index contributed by atoms with van der Waals surface area (Å²) < 4.78 is 0. The minimum absolute atomic E-state index is 0.0275. The van der Waals surface area contributed by atoms with Crippen molar-refractivity contribution >= 4 is 16.8 Å². The fraction of sp³-hybridized carbons (Fsp3) is 0.318. The van der Waals surface area contributed by atoms with Crippen LogP contribution >= 0.6 is 0 Å². The number of benzene rings is 1. The number of para-hydroxylation sites is 1. The van der Waals surface area contributed by atoms with Crippen molar-refractivity contribution in [3.63, 3.8) is 0 Å². The Kier molecular flexibility index (Phi) is 5.39. The van der Waals surface area contributed by atoms with Gasteiger partial charge in [-0.15, -0.1) is 0 Å². The van der Waals surface area contributed by atoms with Crippen molar-refractivity contribution < 1.29 is 9.69 Å². The molecule has 1 aliphatic rings. The van der Waals surface area contributed by atoms with Gasteiger partial charge in [0.25, 0.3) is 5.91 Å². The lowest BCUT2D eigenvalue weighted by molar-refractivity contribution is -0.887. The van der Waals surface area contributed by atoms with E-state index in [9.17, 15) is 4.79 Å². The van der Waals surface area contributed by atoms with Crippen molar-refractivity contribution in [2.45, 2.75) is 19.3 Å². The summed E-state index contributed by atoms with van der Waals surface area (Å²) in [5.74, 6) is -0.0275. The smallest absolute Gasteiger partial charge is 0.252 e. The van der Waals surface area contributed by atoms with Crippen molar-refractivity contribution in [1.82, 2.24) is 15.3 Å². The molecule has 0 radical (unpaired) electrons. The first-order chi connectivity index (χ1) is 13.3. The van der Waals surface area contributed by atoms with E-state index < -0.39 is 0 Å². The minimum Gasteiger partial charge on any atom is -0.352 e. The van der Waals surface area contributed by atoms with Crippen LogP contribution in [0.15, 0.2) is 54.9 Å². The minimum atomic E-state index is -0.0275. The molecule has 3 heterocycles. The molecule has 5 nitrogen and oxygen atoms in total. The lowest BCUT2D eigenvalue weighted by Gasteiger charge is -2.13. The normalized spacial score (nSPS) is 14.5. The van der Waals surface area contributed by atoms with E-state index in [1.54, 1.807) is 17.3 Å². The highest BCUT2D eigenvalue weighted by molar-refractivity contribution is 6.07. The maximum absolute atomic E-state index is 12.9. The number of rotatable bonds is 6. The number of quaternary nitrogens is 1. The Morgan fingerprint density at radius 2 is 1.85 bits per heavy atom. The van der Waals surface area contributed by atoms with Crippen LogP contribution in [-0.4, -0.2) is 42.1 Å². The Labute approximate surface area is 159 Å². The molecule has 27 heavy (non-hydrogen) atoms. The summed E-state index contributed by atoms with van der Waals surface area (Å²) >= 11 is 0. The molecular formula is C22H25N4O+. The average Bonchev–Trinajstić information content (AvgIpc) is 3.24. The van der Waals surface area contributed by atoms with Crippen LogP contribution in [0.4, 0.5) is 0 Å². The SMILES string of the molecule is O=C(NCCC[NH+]1CCCC1)c1cc(-c2ccncc2)nc2ccccc12. The van der Waals surface area contributed by atoms with E-state index in [0.29, 0.717) is 12.1 Å². The second-order valence-electron chi connectivity index (χ2n) is 7.12. The number of nitrogens with zero attached hydrogens (tertiary/aromatic N) is 2. The molecule has 4 rings (SSSR count). The van der Waals surface area contributed by atoms with Gasteiger partial charge in [0.2, 0.25) is 0 Å². The topological polar surface area (TPSA) is 59.3 Å². The second kappa shape index (κ2) is 8.27. The third-order valence-corrected chi connectivity index (χ3v) is 5.24. The van der Waals surface area contributed by atoms with Crippen LogP contribution in [0.2, 0.25) is 0 Å². The van der Waals surface area contributed by atoms with Crippen LogP contribution in [0.5, 0.6) is 0 Å². The zero-order valence-electron chi connectivity index (χ0n) is 15.4. The summed E-state index contributed by atoms with van der Waals surface area (Å²) in [5.41, 5.74) is 3.27. The molecule has 0 unspecified atom stereocenters. The molecule has 0 bridgehead atoms. The number of fused-ring (bicyclic) bond motifs is 1. The van der Waals surface area contributed by atoms with Gasteiger partial charge in [0, 0.05) is 49.2 Å². The van der Waals surface area contributed by atoms with E-state index in [2.05, 4.69) is 10.3 Å². The summed E-state index contributed by atoms with van der Waals surface area (Å²) in [6, 6.07) is 13.5. The molecule has 0 atom stereocenters. The zero-order valence-corrected chi connectivity index (χ0v) is 15.4. The van der Waals surface area contributed by atoms with Crippen molar-refractivity contribution in [2.75, 3.05) is 26.2 Å². The summed E-state index contributed by atoms with van der Waals surface area (Å²) in [4.78, 5) is 23.3. The monoisotopic (exact) mass is 361 g/mol. The number of amides is 1. The van der Waals surface area contributed by atoms with Crippen LogP contribution in [0.3, 0.4) is 0 Å². The molecule has 1 aliphatic heterocycles. The van der Waals surface area contributed by atoms with Gasteiger partial charge in [-0.05, 0) is 24.3 Å². The Balaban J connectivity index is 1.53. The van der Waals surface area contributed by atoms with Crippen molar-refractivity contribution in [2.24, 2.45) is 0 Å². The Morgan fingerprint density at radius 1 is 1.07 bits per heavy atom. The predicted molar refractivity (Wildman–Crippen MR) is 107 cm³/mol. The summed E-state index contributed by atoms with van der Waals surface area (Å²) in [5, 5.41) is 3.99. The van der Waals surface area contributed by atoms with Crippen LogP contribution in [0, 0.1) is 0 Å². The Bertz CT molecular complexity index is 920. The van der Waals surface area contributed by atoms with Crippen LogP contribution in [0.25, 0.3) is 22.2 Å². The summed E-state index contributed by atoms with van der Waals surface area (Å²) in [6.45, 7) is 4.40. The molecule has 2 aromatic heterocycles. The number of aromatic nitrogens is 2. The van der Waals surface area contributed by atoms with Crippen molar-refractivity contribution in [3.8, 4) is 11.3 Å². The van der Waals surface area contributed by atoms with Gasteiger partial charge in [-0.1, -0.05) is 18.2 Å². The average molecular weight is 361 g/mol. The van der Waals surface area contributed by atoms with E-state index in [0.717, 1.165) is 35.1 Å². The zero-order chi connectivity index (χ0) is 18.5. The fourth-order valence-corrected chi connectivity index (χ4v) is 3.79. The molecule has 0 aliphatic carbocycles. The number of hydrogen-bond acceptors (Lipinski definition) is 3. The third-order valence-electron chi connectivity index (χ3n) is 5.24. The molecule has 0 spiro atoms. The second-order valence-corrected chi connectivity index (χ2v) is 7.12. The van der Waals surface area contributed by atoms with E-state index in [1.165, 1.54) is 25.9 Å². The third kappa shape index (κ3) is 4.14. The first-order valence-corrected chi connectivity index (χ1v) is 9.73. The standard InChI is InChI=1S/C22H24N4O/c27-22(24-10-5-15-26-13-3-4-14-26)19-16-21(17-8-11-23-12-9-17)25-20-7-2-1-6-18(19)20/h1-2,6-9,11-12,16H,3-5,10,13-15H2,(H,24,27)/p+1. The largest absolute Gasteiger partial charge is 0.352 e. The van der Waals surface area contributed by atoms with Crippen molar-refractivity contribution in [3.05, 3.63) is 60.4 Å². The summed E-state index contributed by atoms with van der Waals surface area (Å²) in [7, 11) is 0. The molecule has 3 aromatic rings. The molecule has 1 fully saturated rings. The Hall–Kier alpha value is -2.79. The number of likely N-dealkylation sites (tertiary alicyclic amines) is 1. The number of nitrogens with one attached hydrogen (secondary N) is 2. The van der Waals surface area contributed by atoms with Gasteiger partial charge >= 0.3 is 0 Å². The molecule has 1 aromatic carbocycles. The maximum atomic E-state index is 12.9. The number of pyridine rings is 2. The van der Waals surface area contributed by atoms with E-state index in [-0.39, 0.29) is 5.91 Å². The lowest BCUT2D eigenvalue weighted by atomic mass is 10.0. The molecular weight excluding hydrogens is 336 g/mol. The first-order valence-electron chi connectivity index (χ1n) is 9.73. The van der Waals surface area contributed by atoms with Gasteiger partial charge in [0.1, 0.15) is 0 Å². The van der Waals surface area contributed by atoms with Crippen molar-refractivity contribution in [1.29, 1.82) is 0 Å². The maximum Gasteiger partial charge on any atom is 0.252 e. The Morgan fingerprint density at radius 3 is 2.67 bits per heavy atom. The van der Waals surface area contributed by atoms with Gasteiger partial charge in [-0.25, -0.2) is 4.98 Å². The number of hydrogen-bond donors (Lipinski definition) is 2. The predicted octanol–water partition coefficient (Wildman–Crippen LogP) is 2.10. The fourth-order valence-electron chi connectivity index (χ4n) is 3.79. The first kappa shape index (κ1) is 17.6. The van der Waals surface area contributed by atoms with Gasteiger partial charge in [-0.2, -0.15) is 0 Å². The lowest BCUT2D eigenvalue weighted by Crippen LogP contribution is -3.10. The molecule has 0 saturated carbocycles. The quantitative estimate of drug-likeness (QED) is 0.661. The molecule has 1 saturated heterocycles. The van der Waals surface area contributed by atoms with Gasteiger partial charge in [-0.3, -0.25) is 9.78 Å².